The zero-order valence-electron chi connectivity index (χ0n) is 14.2. The Labute approximate surface area is 151 Å². The van der Waals surface area contributed by atoms with Crippen molar-refractivity contribution in [3.63, 3.8) is 0 Å². The van der Waals surface area contributed by atoms with Crippen molar-refractivity contribution in [3.05, 3.63) is 59.7 Å². The Morgan fingerprint density at radius 2 is 1.42 bits per heavy atom. The second-order valence-corrected chi connectivity index (χ2v) is 7.22. The molecule has 0 aliphatic rings. The lowest BCUT2D eigenvalue weighted by Crippen LogP contribution is -2.14. The van der Waals surface area contributed by atoms with E-state index in [4.69, 9.17) is 4.74 Å². The van der Waals surface area contributed by atoms with Crippen LogP contribution in [0.2, 0.25) is 0 Å². The molecule has 0 aliphatic carbocycles. The van der Waals surface area contributed by atoms with E-state index in [1.165, 1.54) is 62.4 Å². The minimum Gasteiger partial charge on any atom is -0.454 e. The summed E-state index contributed by atoms with van der Waals surface area (Å²) in [4.78, 5) is 33.8. The van der Waals surface area contributed by atoms with Crippen LogP contribution in [0.4, 0.5) is 5.69 Å². The van der Waals surface area contributed by atoms with Crippen LogP contribution in [0.1, 0.15) is 34.6 Å². The Hall–Kier alpha value is -3.00. The van der Waals surface area contributed by atoms with Crippen molar-refractivity contribution in [1.82, 2.24) is 0 Å². The summed E-state index contributed by atoms with van der Waals surface area (Å²) in [5, 5.41) is 0. The summed E-state index contributed by atoms with van der Waals surface area (Å²) >= 11 is 0. The Morgan fingerprint density at radius 3 is 1.92 bits per heavy atom. The summed E-state index contributed by atoms with van der Waals surface area (Å²) in [5.74, 6) is -1.11. The van der Waals surface area contributed by atoms with Crippen LogP contribution in [0.15, 0.2) is 53.4 Å². The highest BCUT2D eigenvalue weighted by Gasteiger charge is 2.15. The van der Waals surface area contributed by atoms with Crippen molar-refractivity contribution < 1.29 is 27.5 Å². The maximum absolute atomic E-state index is 12.4. The number of Topliss-reactive ketones (excluding diaryl/α,β-unsaturated/α-hetero) is 2. The van der Waals surface area contributed by atoms with E-state index in [1.807, 2.05) is 0 Å². The molecule has 0 heterocycles. The van der Waals surface area contributed by atoms with Crippen LogP contribution >= 0.6 is 0 Å². The quantitative estimate of drug-likeness (QED) is 0.588. The molecular weight excluding hydrogens is 358 g/mol. The fourth-order valence-electron chi connectivity index (χ4n) is 2.01. The molecule has 0 atom stereocenters. The van der Waals surface area contributed by atoms with Crippen LogP contribution < -0.4 is 4.72 Å². The third kappa shape index (κ3) is 5.00. The maximum Gasteiger partial charge on any atom is 0.338 e. The first-order valence-electron chi connectivity index (χ1n) is 7.59. The molecule has 0 bridgehead atoms. The molecule has 1 N–H and O–H groups in total. The van der Waals surface area contributed by atoms with Gasteiger partial charge in [0.05, 0.1) is 10.5 Å². The van der Waals surface area contributed by atoms with E-state index in [0.717, 1.165) is 0 Å². The van der Waals surface area contributed by atoms with Gasteiger partial charge in [0.15, 0.2) is 11.6 Å². The number of nitrogens with one attached hydrogen (secondary N) is 1. The standard InChI is InChI=1S/C18H17NO6S/c1-12(20)11-25-18(22)15-3-7-16(8-4-15)19-26(23,24)17-9-5-14(6-10-17)13(2)21/h3-10,19H,11H2,1-2H3. The fraction of sp³-hybridized carbons (Fsp3) is 0.167. The van der Waals surface area contributed by atoms with Crippen LogP contribution in [0, 0.1) is 0 Å². The number of ether oxygens (including phenoxy) is 1. The Balaban J connectivity index is 2.10. The van der Waals surface area contributed by atoms with E-state index >= 15 is 0 Å². The molecule has 0 saturated heterocycles. The minimum atomic E-state index is -3.83. The predicted molar refractivity (Wildman–Crippen MR) is 94.7 cm³/mol. The Kier molecular flexibility index (Phi) is 5.89. The highest BCUT2D eigenvalue weighted by atomic mass is 32.2. The van der Waals surface area contributed by atoms with E-state index < -0.39 is 16.0 Å². The number of hydrogen-bond acceptors (Lipinski definition) is 6. The molecule has 136 valence electrons. The zero-order chi connectivity index (χ0) is 19.3. The fourth-order valence-corrected chi connectivity index (χ4v) is 3.07. The van der Waals surface area contributed by atoms with Crippen LogP contribution in [-0.4, -0.2) is 32.6 Å². The highest BCUT2D eigenvalue weighted by molar-refractivity contribution is 7.92. The van der Waals surface area contributed by atoms with E-state index in [9.17, 15) is 22.8 Å². The summed E-state index contributed by atoms with van der Waals surface area (Å²) in [6.45, 7) is 2.38. The first kappa shape index (κ1) is 19.3. The van der Waals surface area contributed by atoms with Gasteiger partial charge < -0.3 is 4.74 Å². The van der Waals surface area contributed by atoms with Crippen molar-refractivity contribution in [3.8, 4) is 0 Å². The topological polar surface area (TPSA) is 107 Å². The number of ketones is 2. The van der Waals surface area contributed by atoms with Crippen molar-refractivity contribution in [2.24, 2.45) is 0 Å². The third-order valence-corrected chi connectivity index (χ3v) is 4.75. The third-order valence-electron chi connectivity index (χ3n) is 3.35. The molecule has 0 spiro atoms. The number of benzene rings is 2. The van der Waals surface area contributed by atoms with Gasteiger partial charge in [0.1, 0.15) is 6.61 Å². The molecule has 0 radical (unpaired) electrons. The summed E-state index contributed by atoms with van der Waals surface area (Å²) in [5.41, 5.74) is 0.862. The molecule has 0 aliphatic heterocycles. The van der Waals surface area contributed by atoms with Crippen LogP contribution in [0.25, 0.3) is 0 Å². The SMILES string of the molecule is CC(=O)COC(=O)c1ccc(NS(=O)(=O)c2ccc(C(C)=O)cc2)cc1. The number of carbonyl (C=O) groups is 3. The van der Waals surface area contributed by atoms with E-state index in [-0.39, 0.29) is 34.3 Å². The van der Waals surface area contributed by atoms with E-state index in [1.54, 1.807) is 0 Å². The zero-order valence-corrected chi connectivity index (χ0v) is 15.0. The van der Waals surface area contributed by atoms with Crippen molar-refractivity contribution in [1.29, 1.82) is 0 Å². The number of anilines is 1. The Bertz CT molecular complexity index is 931. The van der Waals surface area contributed by atoms with Gasteiger partial charge in [-0.05, 0) is 50.2 Å². The molecule has 0 amide bonds. The van der Waals surface area contributed by atoms with Crippen molar-refractivity contribution in [2.75, 3.05) is 11.3 Å². The van der Waals surface area contributed by atoms with Gasteiger partial charge in [0, 0.05) is 11.3 Å². The average Bonchev–Trinajstić information content (AvgIpc) is 2.60. The lowest BCUT2D eigenvalue weighted by Gasteiger charge is -2.09. The lowest BCUT2D eigenvalue weighted by molar-refractivity contribution is -0.120. The van der Waals surface area contributed by atoms with Crippen LogP contribution in [-0.2, 0) is 19.6 Å². The average molecular weight is 375 g/mol. The summed E-state index contributed by atoms with van der Waals surface area (Å²) in [6.07, 6.45) is 0. The van der Waals surface area contributed by atoms with Gasteiger partial charge in [0.25, 0.3) is 10.0 Å². The number of hydrogen-bond donors (Lipinski definition) is 1. The molecule has 0 unspecified atom stereocenters. The first-order chi connectivity index (χ1) is 12.2. The molecule has 2 aromatic carbocycles. The summed E-state index contributed by atoms with van der Waals surface area (Å²) in [7, 11) is -3.83. The molecule has 26 heavy (non-hydrogen) atoms. The van der Waals surface area contributed by atoms with Crippen molar-refractivity contribution >= 4 is 33.2 Å². The number of sulfonamides is 1. The maximum atomic E-state index is 12.4. The van der Waals surface area contributed by atoms with Gasteiger partial charge in [0.2, 0.25) is 0 Å². The Morgan fingerprint density at radius 1 is 0.885 bits per heavy atom. The predicted octanol–water partition coefficient (Wildman–Crippen LogP) is 2.44. The van der Waals surface area contributed by atoms with E-state index in [0.29, 0.717) is 5.56 Å². The second kappa shape index (κ2) is 7.92. The second-order valence-electron chi connectivity index (χ2n) is 5.54. The van der Waals surface area contributed by atoms with Gasteiger partial charge in [-0.1, -0.05) is 12.1 Å². The molecule has 0 saturated carbocycles. The van der Waals surface area contributed by atoms with Crippen molar-refractivity contribution in [2.45, 2.75) is 18.7 Å². The molecule has 2 rings (SSSR count). The van der Waals surface area contributed by atoms with E-state index in [2.05, 4.69) is 4.72 Å². The first-order valence-corrected chi connectivity index (χ1v) is 9.08. The normalized spacial score (nSPS) is 10.8. The van der Waals surface area contributed by atoms with Gasteiger partial charge >= 0.3 is 5.97 Å². The lowest BCUT2D eigenvalue weighted by atomic mass is 10.2. The highest BCUT2D eigenvalue weighted by Crippen LogP contribution is 2.18. The van der Waals surface area contributed by atoms with Gasteiger partial charge in [-0.15, -0.1) is 0 Å². The molecule has 0 aromatic heterocycles. The number of rotatable bonds is 7. The monoisotopic (exact) mass is 375 g/mol. The summed E-state index contributed by atoms with van der Waals surface area (Å²) < 4.78 is 31.9. The molecule has 0 fully saturated rings. The number of esters is 1. The van der Waals surface area contributed by atoms with Crippen LogP contribution in [0.5, 0.6) is 0 Å². The molecule has 7 nitrogen and oxygen atoms in total. The molecule has 8 heteroatoms. The minimum absolute atomic E-state index is 0.00689. The molecule has 2 aromatic rings. The van der Waals surface area contributed by atoms with Gasteiger partial charge in [-0.2, -0.15) is 0 Å². The number of carbonyl (C=O) groups excluding carboxylic acids is 3. The summed E-state index contributed by atoms with van der Waals surface area (Å²) in [6, 6.07) is 11.1. The van der Waals surface area contributed by atoms with Crippen LogP contribution in [0.3, 0.4) is 0 Å². The smallest absolute Gasteiger partial charge is 0.338 e. The largest absolute Gasteiger partial charge is 0.454 e. The van der Waals surface area contributed by atoms with Gasteiger partial charge in [-0.3, -0.25) is 14.3 Å². The van der Waals surface area contributed by atoms with Gasteiger partial charge in [-0.25, -0.2) is 13.2 Å². The molecular formula is C18H17NO6S.